The molecule has 0 atom stereocenters. The molecule has 7 nitrogen and oxygen atoms in total. The lowest BCUT2D eigenvalue weighted by Gasteiger charge is -2.10. The quantitative estimate of drug-likeness (QED) is 0.254. The molecule has 8 heteroatoms. The molecule has 0 aliphatic heterocycles. The van der Waals surface area contributed by atoms with Crippen LogP contribution in [0.5, 0.6) is 17.2 Å². The maximum atomic E-state index is 12.6. The molecule has 156 valence electrons. The van der Waals surface area contributed by atoms with Gasteiger partial charge in [-0.25, -0.2) is 4.79 Å². The van der Waals surface area contributed by atoms with Crippen LogP contribution in [0.3, 0.4) is 0 Å². The standard InChI is InChI=1S/C23H18N2O5S/c1-28-18-7-4-3-6-17(18)25-22(26)16(14-24)12-15-9-10-19(20(13-15)29-2)30-23(27)21-8-5-11-31-21/h3-13H,1-2H3,(H,25,26). The molecule has 0 aliphatic rings. The summed E-state index contributed by atoms with van der Waals surface area (Å²) in [5, 5.41) is 13.9. The van der Waals surface area contributed by atoms with Gasteiger partial charge < -0.3 is 19.5 Å². The van der Waals surface area contributed by atoms with Crippen LogP contribution >= 0.6 is 11.3 Å². The summed E-state index contributed by atoms with van der Waals surface area (Å²) in [4.78, 5) is 25.2. The smallest absolute Gasteiger partial charge is 0.353 e. The fourth-order valence-electron chi connectivity index (χ4n) is 2.66. The molecule has 0 spiro atoms. The Balaban J connectivity index is 1.81. The molecule has 0 radical (unpaired) electrons. The number of amides is 1. The predicted octanol–water partition coefficient (Wildman–Crippen LogP) is 4.53. The molecule has 1 N–H and O–H groups in total. The molecule has 0 saturated carbocycles. The first-order valence-electron chi connectivity index (χ1n) is 9.05. The molecule has 0 fully saturated rings. The predicted molar refractivity (Wildman–Crippen MR) is 117 cm³/mol. The van der Waals surface area contributed by atoms with Crippen LogP contribution in [0.1, 0.15) is 15.2 Å². The number of ether oxygens (including phenoxy) is 3. The van der Waals surface area contributed by atoms with Crippen LogP contribution in [0.15, 0.2) is 65.6 Å². The molecule has 3 aromatic rings. The third-order valence-electron chi connectivity index (χ3n) is 4.14. The van der Waals surface area contributed by atoms with E-state index >= 15 is 0 Å². The van der Waals surface area contributed by atoms with Crippen LogP contribution in [0.4, 0.5) is 5.69 Å². The summed E-state index contributed by atoms with van der Waals surface area (Å²) < 4.78 is 15.9. The van der Waals surface area contributed by atoms with E-state index in [1.54, 1.807) is 60.0 Å². The van der Waals surface area contributed by atoms with Gasteiger partial charge in [0.15, 0.2) is 11.5 Å². The van der Waals surface area contributed by atoms with E-state index in [2.05, 4.69) is 5.32 Å². The monoisotopic (exact) mass is 434 g/mol. The summed E-state index contributed by atoms with van der Waals surface area (Å²) in [6.45, 7) is 0. The van der Waals surface area contributed by atoms with Gasteiger partial charge in [-0.1, -0.05) is 24.3 Å². The Kier molecular flexibility index (Phi) is 7.04. The molecular weight excluding hydrogens is 416 g/mol. The minimum atomic E-state index is -0.584. The maximum absolute atomic E-state index is 12.6. The molecule has 0 unspecified atom stereocenters. The maximum Gasteiger partial charge on any atom is 0.353 e. The van der Waals surface area contributed by atoms with Gasteiger partial charge in [-0.15, -0.1) is 11.3 Å². The molecule has 0 saturated heterocycles. The van der Waals surface area contributed by atoms with E-state index in [4.69, 9.17) is 14.2 Å². The number of benzene rings is 2. The highest BCUT2D eigenvalue weighted by Crippen LogP contribution is 2.30. The topological polar surface area (TPSA) is 97.6 Å². The summed E-state index contributed by atoms with van der Waals surface area (Å²) in [5.41, 5.74) is 0.861. The normalized spacial score (nSPS) is 10.7. The van der Waals surface area contributed by atoms with Crippen molar-refractivity contribution >= 4 is 35.0 Å². The van der Waals surface area contributed by atoms with Gasteiger partial charge in [-0.3, -0.25) is 4.79 Å². The molecule has 1 heterocycles. The minimum Gasteiger partial charge on any atom is -0.495 e. The van der Waals surface area contributed by atoms with Crippen LogP contribution in [-0.2, 0) is 4.79 Å². The SMILES string of the molecule is COc1ccccc1NC(=O)C(C#N)=Cc1ccc(OC(=O)c2cccs2)c(OC)c1. The van der Waals surface area contributed by atoms with Gasteiger partial charge in [-0.05, 0) is 47.4 Å². The number of para-hydroxylation sites is 2. The van der Waals surface area contributed by atoms with Crippen molar-refractivity contribution < 1.29 is 23.8 Å². The third kappa shape index (κ3) is 5.29. The number of anilines is 1. The first-order chi connectivity index (χ1) is 15.0. The number of nitrogens with one attached hydrogen (secondary N) is 1. The first-order valence-corrected chi connectivity index (χ1v) is 9.93. The second-order valence-electron chi connectivity index (χ2n) is 6.10. The number of carbonyl (C=O) groups is 2. The summed E-state index contributed by atoms with van der Waals surface area (Å²) in [6.07, 6.45) is 1.41. The van der Waals surface area contributed by atoms with E-state index in [1.807, 2.05) is 6.07 Å². The second kappa shape index (κ2) is 10.1. The summed E-state index contributed by atoms with van der Waals surface area (Å²) in [5.74, 6) is -0.0764. The number of hydrogen-bond acceptors (Lipinski definition) is 7. The lowest BCUT2D eigenvalue weighted by molar-refractivity contribution is -0.112. The van der Waals surface area contributed by atoms with E-state index in [1.165, 1.54) is 31.6 Å². The van der Waals surface area contributed by atoms with Crippen LogP contribution in [0.25, 0.3) is 6.08 Å². The summed E-state index contributed by atoms with van der Waals surface area (Å²) >= 11 is 1.27. The zero-order chi connectivity index (χ0) is 22.2. The average Bonchev–Trinajstić information content (AvgIpc) is 3.33. The molecule has 31 heavy (non-hydrogen) atoms. The summed E-state index contributed by atoms with van der Waals surface area (Å²) in [6, 6.07) is 16.9. The third-order valence-corrected chi connectivity index (χ3v) is 4.99. The largest absolute Gasteiger partial charge is 0.495 e. The van der Waals surface area contributed by atoms with Crippen LogP contribution in [0, 0.1) is 11.3 Å². The first kappa shape index (κ1) is 21.6. The Morgan fingerprint density at radius 3 is 2.45 bits per heavy atom. The fourth-order valence-corrected chi connectivity index (χ4v) is 3.25. The van der Waals surface area contributed by atoms with Crippen LogP contribution in [-0.4, -0.2) is 26.1 Å². The van der Waals surface area contributed by atoms with E-state index in [9.17, 15) is 14.9 Å². The molecule has 0 bridgehead atoms. The number of nitriles is 1. The van der Waals surface area contributed by atoms with Crippen LogP contribution in [0.2, 0.25) is 0 Å². The van der Waals surface area contributed by atoms with Gasteiger partial charge in [0.05, 0.1) is 19.9 Å². The van der Waals surface area contributed by atoms with Crippen molar-refractivity contribution in [1.82, 2.24) is 0 Å². The Morgan fingerprint density at radius 1 is 1.00 bits per heavy atom. The van der Waals surface area contributed by atoms with E-state index in [0.717, 1.165) is 0 Å². The Hall–Kier alpha value is -4.09. The number of thiophene rings is 1. The number of rotatable bonds is 7. The highest BCUT2D eigenvalue weighted by atomic mass is 32.1. The van der Waals surface area contributed by atoms with Gasteiger partial charge >= 0.3 is 5.97 Å². The number of carbonyl (C=O) groups excluding carboxylic acids is 2. The number of nitrogens with zero attached hydrogens (tertiary/aromatic N) is 1. The fraction of sp³-hybridized carbons (Fsp3) is 0.0870. The Bertz CT molecular complexity index is 1160. The lowest BCUT2D eigenvalue weighted by atomic mass is 10.1. The van der Waals surface area contributed by atoms with Gasteiger partial charge in [0.1, 0.15) is 22.3 Å². The van der Waals surface area contributed by atoms with E-state index in [-0.39, 0.29) is 11.3 Å². The highest BCUT2D eigenvalue weighted by Gasteiger charge is 2.15. The Morgan fingerprint density at radius 2 is 1.77 bits per heavy atom. The van der Waals surface area contributed by atoms with Gasteiger partial charge in [0.25, 0.3) is 5.91 Å². The van der Waals surface area contributed by atoms with Crippen molar-refractivity contribution in [1.29, 1.82) is 5.26 Å². The number of esters is 1. The minimum absolute atomic E-state index is 0.115. The number of methoxy groups -OCH3 is 2. The van der Waals surface area contributed by atoms with E-state index in [0.29, 0.717) is 27.6 Å². The van der Waals surface area contributed by atoms with Crippen molar-refractivity contribution in [2.45, 2.75) is 0 Å². The van der Waals surface area contributed by atoms with Crippen molar-refractivity contribution in [3.63, 3.8) is 0 Å². The molecule has 3 rings (SSSR count). The molecule has 1 amide bonds. The zero-order valence-corrected chi connectivity index (χ0v) is 17.6. The Labute approximate surface area is 183 Å². The molecular formula is C23H18N2O5S. The van der Waals surface area contributed by atoms with Crippen molar-refractivity contribution in [3.8, 4) is 23.3 Å². The second-order valence-corrected chi connectivity index (χ2v) is 7.05. The molecule has 1 aromatic heterocycles. The van der Waals surface area contributed by atoms with Gasteiger partial charge in [0.2, 0.25) is 0 Å². The zero-order valence-electron chi connectivity index (χ0n) is 16.7. The van der Waals surface area contributed by atoms with Crippen LogP contribution < -0.4 is 19.5 Å². The van der Waals surface area contributed by atoms with Crippen molar-refractivity contribution in [2.75, 3.05) is 19.5 Å². The highest BCUT2D eigenvalue weighted by molar-refractivity contribution is 7.12. The lowest BCUT2D eigenvalue weighted by Crippen LogP contribution is -2.14. The van der Waals surface area contributed by atoms with Gasteiger partial charge in [-0.2, -0.15) is 5.26 Å². The molecule has 0 aliphatic carbocycles. The number of hydrogen-bond donors (Lipinski definition) is 1. The average molecular weight is 434 g/mol. The van der Waals surface area contributed by atoms with Crippen molar-refractivity contribution in [3.05, 3.63) is 76.0 Å². The molecule has 2 aromatic carbocycles. The van der Waals surface area contributed by atoms with Gasteiger partial charge in [0, 0.05) is 0 Å². The van der Waals surface area contributed by atoms with Crippen molar-refractivity contribution in [2.24, 2.45) is 0 Å². The van der Waals surface area contributed by atoms with E-state index < -0.39 is 11.9 Å². The summed E-state index contributed by atoms with van der Waals surface area (Å²) in [7, 11) is 2.93.